The molecule has 138 valence electrons. The van der Waals surface area contributed by atoms with Crippen molar-refractivity contribution in [2.24, 2.45) is 0 Å². The van der Waals surface area contributed by atoms with E-state index in [1.165, 1.54) is 11.1 Å². The summed E-state index contributed by atoms with van der Waals surface area (Å²) in [4.78, 5) is 13.3. The van der Waals surface area contributed by atoms with Crippen LogP contribution < -0.4 is 10.7 Å². The maximum absolute atomic E-state index is 13.3. The third-order valence-corrected chi connectivity index (χ3v) is 4.84. The third-order valence-electron chi connectivity index (χ3n) is 4.84. The zero-order valence-corrected chi connectivity index (χ0v) is 16.5. The van der Waals surface area contributed by atoms with Gasteiger partial charge in [0.15, 0.2) is 0 Å². The highest BCUT2D eigenvalue weighted by Crippen LogP contribution is 2.34. The number of para-hydroxylation sites is 1. The number of nitrogens with one attached hydrogen (secondary N) is 1. The first kappa shape index (κ1) is 18.9. The standard InChI is InChI=1S/C25H27NO/c1-17(2)20-14-10-15-21(18(3)4)24(20)26-23-16-9-8-13-22(25(23)27)19-11-6-5-7-12-19/h5-18H,1-4H3,(H,26,27). The van der Waals surface area contributed by atoms with Crippen LogP contribution >= 0.6 is 0 Å². The normalized spacial score (nSPS) is 11.0. The monoisotopic (exact) mass is 357 g/mol. The van der Waals surface area contributed by atoms with E-state index < -0.39 is 0 Å². The Bertz CT molecular complexity index is 949. The van der Waals surface area contributed by atoms with Gasteiger partial charge in [-0.2, -0.15) is 0 Å². The Morgan fingerprint density at radius 1 is 0.667 bits per heavy atom. The van der Waals surface area contributed by atoms with Crippen LogP contribution in [0.1, 0.15) is 50.7 Å². The summed E-state index contributed by atoms with van der Waals surface area (Å²) in [5.41, 5.74) is 5.78. The Morgan fingerprint density at radius 2 is 1.22 bits per heavy atom. The molecule has 0 spiro atoms. The summed E-state index contributed by atoms with van der Waals surface area (Å²) in [7, 11) is 0. The summed E-state index contributed by atoms with van der Waals surface area (Å²) in [5.74, 6) is 0.736. The topological polar surface area (TPSA) is 29.1 Å². The van der Waals surface area contributed by atoms with Gasteiger partial charge in [-0.25, -0.2) is 0 Å². The third kappa shape index (κ3) is 4.11. The van der Waals surface area contributed by atoms with Crippen molar-refractivity contribution in [3.8, 4) is 11.1 Å². The minimum absolute atomic E-state index is 0.0134. The van der Waals surface area contributed by atoms with Gasteiger partial charge in [0.25, 0.3) is 0 Å². The molecule has 0 atom stereocenters. The van der Waals surface area contributed by atoms with E-state index in [2.05, 4.69) is 51.2 Å². The van der Waals surface area contributed by atoms with Crippen LogP contribution in [-0.4, -0.2) is 0 Å². The number of anilines is 2. The second-order valence-electron chi connectivity index (χ2n) is 7.49. The highest BCUT2D eigenvalue weighted by molar-refractivity contribution is 5.73. The molecule has 0 unspecified atom stereocenters. The van der Waals surface area contributed by atoms with Gasteiger partial charge in [-0.1, -0.05) is 94.4 Å². The smallest absolute Gasteiger partial charge is 0.209 e. The molecule has 0 heterocycles. The van der Waals surface area contributed by atoms with Gasteiger partial charge in [0.2, 0.25) is 5.43 Å². The van der Waals surface area contributed by atoms with E-state index in [4.69, 9.17) is 0 Å². The van der Waals surface area contributed by atoms with Crippen LogP contribution in [0.4, 0.5) is 11.4 Å². The lowest BCUT2D eigenvalue weighted by molar-refractivity contribution is 0.838. The summed E-state index contributed by atoms with van der Waals surface area (Å²) in [6.07, 6.45) is 0. The van der Waals surface area contributed by atoms with Crippen LogP contribution in [-0.2, 0) is 0 Å². The molecular formula is C25H27NO. The molecule has 0 saturated carbocycles. The lowest BCUT2D eigenvalue weighted by Gasteiger charge is -2.20. The lowest BCUT2D eigenvalue weighted by Crippen LogP contribution is -2.11. The minimum Gasteiger partial charge on any atom is -0.352 e. The molecule has 0 radical (unpaired) electrons. The first-order valence-electron chi connectivity index (χ1n) is 9.57. The molecule has 0 fully saturated rings. The van der Waals surface area contributed by atoms with Gasteiger partial charge in [0.1, 0.15) is 0 Å². The lowest BCUT2D eigenvalue weighted by atomic mass is 9.92. The molecule has 3 aromatic rings. The highest BCUT2D eigenvalue weighted by atomic mass is 16.1. The van der Waals surface area contributed by atoms with Crippen molar-refractivity contribution in [3.05, 3.63) is 94.1 Å². The number of hydrogen-bond acceptors (Lipinski definition) is 2. The van der Waals surface area contributed by atoms with Crippen molar-refractivity contribution in [1.29, 1.82) is 0 Å². The van der Waals surface area contributed by atoms with Gasteiger partial charge in [-0.05, 0) is 34.6 Å². The van der Waals surface area contributed by atoms with Crippen LogP contribution in [0.3, 0.4) is 0 Å². The van der Waals surface area contributed by atoms with Gasteiger partial charge in [0, 0.05) is 11.3 Å². The average Bonchev–Trinajstić information content (AvgIpc) is 2.84. The predicted molar refractivity (Wildman–Crippen MR) is 116 cm³/mol. The van der Waals surface area contributed by atoms with Crippen LogP contribution in [0.5, 0.6) is 0 Å². The van der Waals surface area contributed by atoms with E-state index in [9.17, 15) is 4.79 Å². The average molecular weight is 357 g/mol. The van der Waals surface area contributed by atoms with Crippen molar-refractivity contribution >= 4 is 11.4 Å². The largest absolute Gasteiger partial charge is 0.352 e. The quantitative estimate of drug-likeness (QED) is 0.550. The molecule has 0 aliphatic rings. The number of rotatable bonds is 5. The zero-order chi connectivity index (χ0) is 19.4. The Labute approximate surface area is 161 Å². The summed E-state index contributed by atoms with van der Waals surface area (Å²) >= 11 is 0. The predicted octanol–water partition coefficient (Wildman–Crippen LogP) is 6.70. The molecule has 27 heavy (non-hydrogen) atoms. The van der Waals surface area contributed by atoms with Gasteiger partial charge in [-0.15, -0.1) is 0 Å². The molecule has 1 N–H and O–H groups in total. The van der Waals surface area contributed by atoms with Gasteiger partial charge in [0.05, 0.1) is 5.69 Å². The Hall–Kier alpha value is -2.87. The molecule has 0 bridgehead atoms. The van der Waals surface area contributed by atoms with Crippen molar-refractivity contribution in [2.75, 3.05) is 5.32 Å². The van der Waals surface area contributed by atoms with E-state index in [0.717, 1.165) is 11.3 Å². The van der Waals surface area contributed by atoms with Gasteiger partial charge >= 0.3 is 0 Å². The minimum atomic E-state index is 0.0134. The summed E-state index contributed by atoms with van der Waals surface area (Å²) in [5, 5.41) is 3.49. The molecule has 0 aliphatic heterocycles. The first-order valence-corrected chi connectivity index (χ1v) is 9.57. The molecule has 3 aromatic carbocycles. The molecule has 0 saturated heterocycles. The van der Waals surface area contributed by atoms with E-state index in [1.54, 1.807) is 0 Å². The zero-order valence-electron chi connectivity index (χ0n) is 16.5. The maximum Gasteiger partial charge on any atom is 0.209 e. The van der Waals surface area contributed by atoms with E-state index in [1.807, 2.05) is 54.6 Å². The van der Waals surface area contributed by atoms with Crippen LogP contribution in [0, 0.1) is 0 Å². The van der Waals surface area contributed by atoms with Crippen molar-refractivity contribution in [1.82, 2.24) is 0 Å². The SMILES string of the molecule is CC(C)c1cccc(C(C)C)c1Nc1ccccc(-c2ccccc2)c1=O. The summed E-state index contributed by atoms with van der Waals surface area (Å²) < 4.78 is 0. The Balaban J connectivity index is 2.16. The number of benzene rings is 2. The maximum atomic E-state index is 13.3. The molecule has 2 heteroatoms. The molecular weight excluding hydrogens is 330 g/mol. The van der Waals surface area contributed by atoms with Crippen molar-refractivity contribution in [3.63, 3.8) is 0 Å². The molecule has 3 rings (SSSR count). The Morgan fingerprint density at radius 3 is 1.81 bits per heavy atom. The van der Waals surface area contributed by atoms with E-state index >= 15 is 0 Å². The molecule has 0 amide bonds. The fraction of sp³-hybridized carbons (Fsp3) is 0.240. The molecule has 0 aromatic heterocycles. The van der Waals surface area contributed by atoms with Crippen LogP contribution in [0.25, 0.3) is 11.1 Å². The van der Waals surface area contributed by atoms with Crippen LogP contribution in [0.15, 0.2) is 77.6 Å². The second-order valence-corrected chi connectivity index (χ2v) is 7.49. The van der Waals surface area contributed by atoms with Crippen molar-refractivity contribution < 1.29 is 0 Å². The van der Waals surface area contributed by atoms with E-state index in [-0.39, 0.29) is 5.43 Å². The Kier molecular flexibility index (Phi) is 5.75. The fourth-order valence-corrected chi connectivity index (χ4v) is 3.37. The van der Waals surface area contributed by atoms with Gasteiger partial charge < -0.3 is 5.32 Å². The highest BCUT2D eigenvalue weighted by Gasteiger charge is 2.15. The fourth-order valence-electron chi connectivity index (χ4n) is 3.37. The van der Waals surface area contributed by atoms with Crippen LogP contribution in [0.2, 0.25) is 0 Å². The van der Waals surface area contributed by atoms with Gasteiger partial charge in [-0.3, -0.25) is 4.79 Å². The number of hydrogen-bond donors (Lipinski definition) is 1. The van der Waals surface area contributed by atoms with E-state index in [0.29, 0.717) is 23.1 Å². The summed E-state index contributed by atoms with van der Waals surface area (Å²) in [6, 6.07) is 23.8. The first-order chi connectivity index (χ1) is 13.0. The molecule has 2 nitrogen and oxygen atoms in total. The van der Waals surface area contributed by atoms with Crippen molar-refractivity contribution in [2.45, 2.75) is 39.5 Å². The second kappa shape index (κ2) is 8.22. The molecule has 0 aliphatic carbocycles. The summed E-state index contributed by atoms with van der Waals surface area (Å²) in [6.45, 7) is 8.73.